The second-order valence-corrected chi connectivity index (χ2v) is 5.38. The lowest BCUT2D eigenvalue weighted by Gasteiger charge is -2.14. The summed E-state index contributed by atoms with van der Waals surface area (Å²) in [5.41, 5.74) is 12.5. The summed E-state index contributed by atoms with van der Waals surface area (Å²) in [7, 11) is 0. The maximum atomic E-state index is 11.0. The van der Waals surface area contributed by atoms with E-state index in [4.69, 9.17) is 16.2 Å². The molecule has 1 amide bonds. The molecule has 0 heterocycles. The fourth-order valence-electron chi connectivity index (χ4n) is 1.78. The number of primary amides is 1. The van der Waals surface area contributed by atoms with Crippen molar-refractivity contribution in [3.63, 3.8) is 0 Å². The van der Waals surface area contributed by atoms with Gasteiger partial charge in [-0.2, -0.15) is 0 Å². The van der Waals surface area contributed by atoms with Gasteiger partial charge in [-0.05, 0) is 49.4 Å². The van der Waals surface area contributed by atoms with Crippen molar-refractivity contribution in [3.05, 3.63) is 58.1 Å². The minimum absolute atomic E-state index is 0.146. The quantitative estimate of drug-likeness (QED) is 0.899. The molecule has 0 radical (unpaired) electrons. The van der Waals surface area contributed by atoms with Crippen LogP contribution in [0.2, 0.25) is 0 Å². The van der Waals surface area contributed by atoms with E-state index >= 15 is 0 Å². The van der Waals surface area contributed by atoms with Gasteiger partial charge >= 0.3 is 0 Å². The van der Waals surface area contributed by atoms with E-state index in [1.807, 2.05) is 25.1 Å². The van der Waals surface area contributed by atoms with Crippen LogP contribution in [-0.2, 0) is 0 Å². The Morgan fingerprint density at radius 3 is 2.40 bits per heavy atom. The van der Waals surface area contributed by atoms with Gasteiger partial charge in [0.25, 0.3) is 0 Å². The monoisotopic (exact) mass is 334 g/mol. The first-order valence-corrected chi connectivity index (χ1v) is 6.89. The molecule has 5 heteroatoms. The van der Waals surface area contributed by atoms with Crippen LogP contribution in [0.25, 0.3) is 0 Å². The number of carbonyl (C=O) groups excluding carboxylic acids is 1. The number of carbonyl (C=O) groups is 1. The van der Waals surface area contributed by atoms with Crippen molar-refractivity contribution >= 4 is 21.8 Å². The summed E-state index contributed by atoms with van der Waals surface area (Å²) in [5.74, 6) is 0.853. The first-order valence-electron chi connectivity index (χ1n) is 6.10. The molecule has 4 N–H and O–H groups in total. The number of ether oxygens (including phenoxy) is 1. The van der Waals surface area contributed by atoms with E-state index in [-0.39, 0.29) is 6.04 Å². The molecule has 104 valence electrons. The Labute approximate surface area is 125 Å². The Morgan fingerprint density at radius 2 is 1.85 bits per heavy atom. The Hall–Kier alpha value is -1.85. The number of hydrogen-bond acceptors (Lipinski definition) is 3. The predicted octanol–water partition coefficient (Wildman–Crippen LogP) is 3.36. The van der Waals surface area contributed by atoms with Gasteiger partial charge in [0, 0.05) is 21.6 Å². The average Bonchev–Trinajstić information content (AvgIpc) is 2.41. The first kappa shape index (κ1) is 14.6. The van der Waals surface area contributed by atoms with Crippen LogP contribution in [0, 0.1) is 0 Å². The van der Waals surface area contributed by atoms with E-state index in [9.17, 15) is 4.79 Å². The molecule has 4 nitrogen and oxygen atoms in total. The van der Waals surface area contributed by atoms with Crippen molar-refractivity contribution in [2.45, 2.75) is 13.0 Å². The maximum Gasteiger partial charge on any atom is 0.248 e. The topological polar surface area (TPSA) is 78.3 Å². The van der Waals surface area contributed by atoms with Gasteiger partial charge in [-0.1, -0.05) is 15.9 Å². The Kier molecular flexibility index (Phi) is 4.42. The van der Waals surface area contributed by atoms with Gasteiger partial charge in [-0.3, -0.25) is 4.79 Å². The number of benzene rings is 2. The van der Waals surface area contributed by atoms with Crippen LogP contribution in [0.3, 0.4) is 0 Å². The summed E-state index contributed by atoms with van der Waals surface area (Å²) in [5, 5.41) is 0. The maximum absolute atomic E-state index is 11.0. The summed E-state index contributed by atoms with van der Waals surface area (Å²) >= 11 is 3.41. The zero-order valence-corrected chi connectivity index (χ0v) is 12.6. The second kappa shape index (κ2) is 6.07. The van der Waals surface area contributed by atoms with Gasteiger partial charge in [0.2, 0.25) is 5.91 Å². The molecule has 0 aromatic heterocycles. The first-order chi connectivity index (χ1) is 9.47. The summed E-state index contributed by atoms with van der Waals surface area (Å²) in [6.45, 7) is 1.89. The highest BCUT2D eigenvalue weighted by atomic mass is 79.9. The van der Waals surface area contributed by atoms with E-state index in [0.717, 1.165) is 10.0 Å². The molecule has 2 rings (SSSR count). The molecule has 0 saturated carbocycles. The molecule has 1 atom stereocenters. The van der Waals surface area contributed by atoms with E-state index in [1.54, 1.807) is 24.3 Å². The number of rotatable bonds is 4. The lowest BCUT2D eigenvalue weighted by atomic mass is 10.1. The van der Waals surface area contributed by atoms with Crippen LogP contribution in [0.15, 0.2) is 46.9 Å². The van der Waals surface area contributed by atoms with Gasteiger partial charge in [-0.15, -0.1) is 0 Å². The fourth-order valence-corrected chi connectivity index (χ4v) is 2.16. The molecule has 0 bridgehead atoms. The number of hydrogen-bond donors (Lipinski definition) is 2. The minimum Gasteiger partial charge on any atom is -0.457 e. The molecule has 2 aromatic rings. The van der Waals surface area contributed by atoms with Gasteiger partial charge < -0.3 is 16.2 Å². The normalized spacial score (nSPS) is 11.9. The zero-order chi connectivity index (χ0) is 14.7. The standard InChI is InChI=1S/C15H15BrN2O2/c1-9(17)13-8-11(16)4-7-14(13)20-12-5-2-10(3-6-12)15(18)19/h2-9H,17H2,1H3,(H2,18,19). The molecular weight excluding hydrogens is 320 g/mol. The average molecular weight is 335 g/mol. The number of nitrogens with two attached hydrogens (primary N) is 2. The molecule has 0 aliphatic heterocycles. The highest BCUT2D eigenvalue weighted by Crippen LogP contribution is 2.31. The number of halogens is 1. The molecular formula is C15H15BrN2O2. The van der Waals surface area contributed by atoms with Crippen molar-refractivity contribution in [1.82, 2.24) is 0 Å². The van der Waals surface area contributed by atoms with Gasteiger partial charge in [0.05, 0.1) is 0 Å². The van der Waals surface area contributed by atoms with E-state index in [2.05, 4.69) is 15.9 Å². The molecule has 0 aliphatic rings. The molecule has 1 unspecified atom stereocenters. The predicted molar refractivity (Wildman–Crippen MR) is 81.8 cm³/mol. The van der Waals surface area contributed by atoms with E-state index in [0.29, 0.717) is 17.1 Å². The Balaban J connectivity index is 2.27. The largest absolute Gasteiger partial charge is 0.457 e. The van der Waals surface area contributed by atoms with Crippen molar-refractivity contribution in [2.75, 3.05) is 0 Å². The molecule has 0 saturated heterocycles. The third-order valence-corrected chi connectivity index (χ3v) is 3.32. The highest BCUT2D eigenvalue weighted by Gasteiger charge is 2.10. The van der Waals surface area contributed by atoms with E-state index < -0.39 is 5.91 Å². The summed E-state index contributed by atoms with van der Waals surface area (Å²) in [6.07, 6.45) is 0. The van der Waals surface area contributed by atoms with Gasteiger partial charge in [0.1, 0.15) is 11.5 Å². The van der Waals surface area contributed by atoms with Crippen LogP contribution < -0.4 is 16.2 Å². The van der Waals surface area contributed by atoms with E-state index in [1.165, 1.54) is 0 Å². The Morgan fingerprint density at radius 1 is 1.20 bits per heavy atom. The van der Waals surface area contributed by atoms with Gasteiger partial charge in [-0.25, -0.2) is 0 Å². The van der Waals surface area contributed by atoms with Crippen LogP contribution in [-0.4, -0.2) is 5.91 Å². The smallest absolute Gasteiger partial charge is 0.248 e. The molecule has 0 fully saturated rings. The fraction of sp³-hybridized carbons (Fsp3) is 0.133. The van der Waals surface area contributed by atoms with Crippen LogP contribution in [0.1, 0.15) is 28.9 Å². The van der Waals surface area contributed by atoms with Crippen LogP contribution in [0.5, 0.6) is 11.5 Å². The van der Waals surface area contributed by atoms with Gasteiger partial charge in [0.15, 0.2) is 0 Å². The Bertz CT molecular complexity index is 624. The molecule has 0 aliphatic carbocycles. The third-order valence-electron chi connectivity index (χ3n) is 2.83. The van der Waals surface area contributed by atoms with Crippen molar-refractivity contribution in [1.29, 1.82) is 0 Å². The lowest BCUT2D eigenvalue weighted by molar-refractivity contribution is 0.100. The molecule has 20 heavy (non-hydrogen) atoms. The summed E-state index contributed by atoms with van der Waals surface area (Å²) in [4.78, 5) is 11.0. The van der Waals surface area contributed by atoms with Crippen molar-refractivity contribution in [3.8, 4) is 11.5 Å². The van der Waals surface area contributed by atoms with Crippen LogP contribution >= 0.6 is 15.9 Å². The minimum atomic E-state index is -0.462. The van der Waals surface area contributed by atoms with Crippen molar-refractivity contribution < 1.29 is 9.53 Å². The number of amides is 1. The molecule has 0 spiro atoms. The SMILES string of the molecule is CC(N)c1cc(Br)ccc1Oc1ccc(C(N)=O)cc1. The lowest BCUT2D eigenvalue weighted by Crippen LogP contribution is -2.10. The summed E-state index contributed by atoms with van der Waals surface area (Å²) in [6, 6.07) is 12.2. The zero-order valence-electron chi connectivity index (χ0n) is 11.0. The highest BCUT2D eigenvalue weighted by molar-refractivity contribution is 9.10. The van der Waals surface area contributed by atoms with Crippen molar-refractivity contribution in [2.24, 2.45) is 11.5 Å². The summed E-state index contributed by atoms with van der Waals surface area (Å²) < 4.78 is 6.75. The van der Waals surface area contributed by atoms with Crippen LogP contribution in [0.4, 0.5) is 0 Å². The third kappa shape index (κ3) is 3.37. The molecule has 2 aromatic carbocycles. The second-order valence-electron chi connectivity index (χ2n) is 4.46.